The molecule has 4 aromatic carbocycles. The van der Waals surface area contributed by atoms with Crippen molar-refractivity contribution < 1.29 is 0 Å². The molecule has 2 aliphatic rings. The van der Waals surface area contributed by atoms with E-state index in [1.54, 1.807) is 0 Å². The number of hydrogen-bond acceptors (Lipinski definition) is 3. The molecular formula is C40H49N3. The van der Waals surface area contributed by atoms with E-state index >= 15 is 0 Å². The van der Waals surface area contributed by atoms with Crippen LogP contribution in [0, 0.1) is 0 Å². The Bertz CT molecular complexity index is 1490. The summed E-state index contributed by atoms with van der Waals surface area (Å²) in [5, 5.41) is 0. The summed E-state index contributed by atoms with van der Waals surface area (Å²) < 4.78 is 0. The van der Waals surface area contributed by atoms with Gasteiger partial charge in [-0.1, -0.05) is 120 Å². The molecule has 0 aromatic heterocycles. The molecule has 6 rings (SSSR count). The maximum Gasteiger partial charge on any atom is 0.0725 e. The van der Waals surface area contributed by atoms with Crippen LogP contribution in [-0.2, 0) is 25.0 Å². The average Bonchev–Trinajstić information content (AvgIpc) is 3.51. The second-order valence-electron chi connectivity index (χ2n) is 12.3. The highest BCUT2D eigenvalue weighted by Crippen LogP contribution is 2.63. The lowest BCUT2D eigenvalue weighted by molar-refractivity contribution is 0.295. The van der Waals surface area contributed by atoms with Crippen LogP contribution in [0.3, 0.4) is 0 Å². The van der Waals surface area contributed by atoms with Gasteiger partial charge in [-0.15, -0.1) is 0 Å². The minimum atomic E-state index is -0.311. The summed E-state index contributed by atoms with van der Waals surface area (Å²) in [5.74, 6) is 0. The molecule has 3 nitrogen and oxygen atoms in total. The normalized spacial score (nSPS) is 14.1. The van der Waals surface area contributed by atoms with E-state index in [-0.39, 0.29) is 5.41 Å². The molecule has 0 radical (unpaired) electrons. The largest absolute Gasteiger partial charge is 0.300 e. The van der Waals surface area contributed by atoms with Crippen LogP contribution in [0.4, 0.5) is 0 Å². The third-order valence-corrected chi connectivity index (χ3v) is 10.3. The van der Waals surface area contributed by atoms with Gasteiger partial charge in [-0.3, -0.25) is 14.7 Å². The van der Waals surface area contributed by atoms with Gasteiger partial charge in [0, 0.05) is 19.6 Å². The molecule has 0 amide bonds. The first-order valence-corrected chi connectivity index (χ1v) is 16.7. The van der Waals surface area contributed by atoms with Gasteiger partial charge in [-0.25, -0.2) is 0 Å². The maximum atomic E-state index is 2.56. The first-order chi connectivity index (χ1) is 21.0. The molecule has 43 heavy (non-hydrogen) atoms. The zero-order valence-corrected chi connectivity index (χ0v) is 27.2. The fourth-order valence-electron chi connectivity index (χ4n) is 7.74. The van der Waals surface area contributed by atoms with Crippen molar-refractivity contribution in [3.63, 3.8) is 0 Å². The minimum Gasteiger partial charge on any atom is -0.300 e. The monoisotopic (exact) mass is 571 g/mol. The summed E-state index contributed by atoms with van der Waals surface area (Å²) in [5.41, 5.74) is 15.3. The van der Waals surface area contributed by atoms with Crippen molar-refractivity contribution in [3.8, 4) is 22.3 Å². The Morgan fingerprint density at radius 1 is 0.395 bits per heavy atom. The van der Waals surface area contributed by atoms with E-state index in [1.807, 2.05) is 0 Å². The lowest BCUT2D eigenvalue weighted by Gasteiger charge is -2.32. The summed E-state index contributed by atoms with van der Waals surface area (Å²) in [4.78, 5) is 7.58. The SMILES string of the molecule is CCN(CC)Cc1ccc2c(c1)C1(c3ccccc3-2)c2cc(CN(CC)CC)ccc2-c2ccc(CN(CC)CC)cc21. The molecule has 2 aliphatic carbocycles. The van der Waals surface area contributed by atoms with Crippen LogP contribution in [-0.4, -0.2) is 54.0 Å². The van der Waals surface area contributed by atoms with Crippen molar-refractivity contribution in [1.29, 1.82) is 0 Å². The van der Waals surface area contributed by atoms with Crippen molar-refractivity contribution in [2.45, 2.75) is 66.6 Å². The Labute approximate surface area is 260 Å². The molecule has 224 valence electrons. The third-order valence-electron chi connectivity index (χ3n) is 10.3. The van der Waals surface area contributed by atoms with Crippen LogP contribution in [0.1, 0.15) is 80.5 Å². The Hall–Kier alpha value is -3.24. The molecule has 0 fully saturated rings. The smallest absolute Gasteiger partial charge is 0.0725 e. The highest BCUT2D eigenvalue weighted by atomic mass is 15.1. The molecule has 0 heterocycles. The van der Waals surface area contributed by atoms with Gasteiger partial charge in [-0.2, -0.15) is 0 Å². The molecule has 0 N–H and O–H groups in total. The van der Waals surface area contributed by atoms with Gasteiger partial charge < -0.3 is 0 Å². The van der Waals surface area contributed by atoms with E-state index in [4.69, 9.17) is 0 Å². The van der Waals surface area contributed by atoms with Gasteiger partial charge in [0.1, 0.15) is 0 Å². The highest BCUT2D eigenvalue weighted by molar-refractivity contribution is 5.95. The number of fused-ring (bicyclic) bond motifs is 10. The van der Waals surface area contributed by atoms with Gasteiger partial charge in [0.15, 0.2) is 0 Å². The molecule has 4 aromatic rings. The fraction of sp³-hybridized carbons (Fsp3) is 0.400. The van der Waals surface area contributed by atoms with Crippen LogP contribution in [0.5, 0.6) is 0 Å². The summed E-state index contributed by atoms with van der Waals surface area (Å²) in [6.07, 6.45) is 0. The van der Waals surface area contributed by atoms with E-state index in [0.717, 1.165) is 58.9 Å². The van der Waals surface area contributed by atoms with Crippen LogP contribution >= 0.6 is 0 Å². The fourth-order valence-corrected chi connectivity index (χ4v) is 7.74. The first kappa shape index (κ1) is 29.8. The van der Waals surface area contributed by atoms with Gasteiger partial charge in [0.25, 0.3) is 0 Å². The Morgan fingerprint density at radius 3 is 1.07 bits per heavy atom. The van der Waals surface area contributed by atoms with E-state index in [0.29, 0.717) is 0 Å². The quantitative estimate of drug-likeness (QED) is 0.146. The molecule has 0 atom stereocenters. The molecular weight excluding hydrogens is 522 g/mol. The van der Waals surface area contributed by atoms with Crippen molar-refractivity contribution >= 4 is 0 Å². The summed E-state index contributed by atoms with van der Waals surface area (Å²) >= 11 is 0. The van der Waals surface area contributed by atoms with Gasteiger partial charge in [0.2, 0.25) is 0 Å². The van der Waals surface area contributed by atoms with Gasteiger partial charge in [0.05, 0.1) is 5.41 Å². The van der Waals surface area contributed by atoms with Gasteiger partial charge in [-0.05, 0) is 100 Å². The number of nitrogens with zero attached hydrogens (tertiary/aromatic N) is 3. The van der Waals surface area contributed by atoms with Crippen LogP contribution in [0.25, 0.3) is 22.3 Å². The molecule has 1 spiro atoms. The molecule has 0 saturated carbocycles. The van der Waals surface area contributed by atoms with Crippen LogP contribution in [0.15, 0.2) is 78.9 Å². The number of hydrogen-bond donors (Lipinski definition) is 0. The molecule has 3 heteroatoms. The number of rotatable bonds is 12. The molecule has 0 saturated heterocycles. The van der Waals surface area contributed by atoms with E-state index in [2.05, 4.69) is 135 Å². The average molecular weight is 572 g/mol. The molecule has 0 bridgehead atoms. The van der Waals surface area contributed by atoms with Crippen LogP contribution in [0.2, 0.25) is 0 Å². The second kappa shape index (κ2) is 12.4. The standard InChI is InChI=1S/C40H49N3/c1-7-41(8-2)26-29-17-20-33-32-15-13-14-16-36(32)40(37(33)23-29)38-24-30(27-42(9-3)10-4)18-21-34(38)35-22-19-31(25-39(35)40)28-43(11-5)12-6/h13-25H,7-12,26-28H2,1-6H3. The van der Waals surface area contributed by atoms with Crippen molar-refractivity contribution in [1.82, 2.24) is 14.7 Å². The molecule has 0 unspecified atom stereocenters. The maximum absolute atomic E-state index is 2.56. The summed E-state index contributed by atoms with van der Waals surface area (Å²) in [6.45, 7) is 23.0. The topological polar surface area (TPSA) is 9.72 Å². The zero-order chi connectivity index (χ0) is 30.1. The van der Waals surface area contributed by atoms with E-state index in [1.165, 1.54) is 61.2 Å². The minimum absolute atomic E-state index is 0.311. The second-order valence-corrected chi connectivity index (χ2v) is 12.3. The first-order valence-electron chi connectivity index (χ1n) is 16.7. The van der Waals surface area contributed by atoms with E-state index < -0.39 is 0 Å². The highest BCUT2D eigenvalue weighted by Gasteiger charge is 2.51. The van der Waals surface area contributed by atoms with Crippen molar-refractivity contribution in [3.05, 3.63) is 118 Å². The number of benzene rings is 4. The van der Waals surface area contributed by atoms with E-state index in [9.17, 15) is 0 Å². The van der Waals surface area contributed by atoms with Crippen LogP contribution < -0.4 is 0 Å². The Balaban J connectivity index is 1.63. The Kier molecular flexibility index (Phi) is 8.60. The predicted octanol–water partition coefficient (Wildman–Crippen LogP) is 8.56. The lowest BCUT2D eigenvalue weighted by atomic mass is 9.70. The third kappa shape index (κ3) is 4.96. The summed E-state index contributed by atoms with van der Waals surface area (Å²) in [6, 6.07) is 31.3. The molecule has 0 aliphatic heterocycles. The summed E-state index contributed by atoms with van der Waals surface area (Å²) in [7, 11) is 0. The lowest BCUT2D eigenvalue weighted by Crippen LogP contribution is -2.28. The van der Waals surface area contributed by atoms with Crippen molar-refractivity contribution in [2.24, 2.45) is 0 Å². The predicted molar refractivity (Wildman–Crippen MR) is 183 cm³/mol. The zero-order valence-electron chi connectivity index (χ0n) is 27.2. The van der Waals surface area contributed by atoms with Crippen molar-refractivity contribution in [2.75, 3.05) is 39.3 Å². The van der Waals surface area contributed by atoms with Gasteiger partial charge >= 0.3 is 0 Å². The Morgan fingerprint density at radius 2 is 0.721 bits per heavy atom.